The monoisotopic (exact) mass is 421 g/mol. The van der Waals surface area contributed by atoms with E-state index in [1.165, 1.54) is 18.4 Å². The van der Waals surface area contributed by atoms with Crippen LogP contribution in [0.5, 0.6) is 5.75 Å². The molecule has 6 nitrogen and oxygen atoms in total. The summed E-state index contributed by atoms with van der Waals surface area (Å²) < 4.78 is 10.4. The number of ketones is 1. The molecule has 1 aromatic carbocycles. The van der Waals surface area contributed by atoms with Gasteiger partial charge in [-0.2, -0.15) is 11.8 Å². The van der Waals surface area contributed by atoms with Crippen LogP contribution in [-0.2, 0) is 9.53 Å². The highest BCUT2D eigenvalue weighted by atomic mass is 32.2. The molecule has 28 heavy (non-hydrogen) atoms. The molecule has 0 saturated carbocycles. The Morgan fingerprint density at radius 2 is 1.93 bits per heavy atom. The fourth-order valence-electron chi connectivity index (χ4n) is 2.45. The molecule has 0 spiro atoms. The smallest absolute Gasteiger partial charge is 0.329 e. The number of esters is 1. The molecule has 1 N–H and O–H groups in total. The minimum Gasteiger partial charge on any atom is -0.496 e. The van der Waals surface area contributed by atoms with E-state index in [1.54, 1.807) is 42.1 Å². The van der Waals surface area contributed by atoms with Crippen molar-refractivity contribution in [1.29, 1.82) is 0 Å². The lowest BCUT2D eigenvalue weighted by molar-refractivity contribution is -0.144. The van der Waals surface area contributed by atoms with Crippen molar-refractivity contribution in [3.05, 3.63) is 51.7 Å². The zero-order chi connectivity index (χ0) is 20.5. The van der Waals surface area contributed by atoms with Crippen LogP contribution in [0.3, 0.4) is 0 Å². The third-order valence-electron chi connectivity index (χ3n) is 3.91. The van der Waals surface area contributed by atoms with Gasteiger partial charge in [-0.25, -0.2) is 4.79 Å². The van der Waals surface area contributed by atoms with Crippen LogP contribution < -0.4 is 10.1 Å². The molecule has 0 unspecified atom stereocenters. The molecular weight excluding hydrogens is 398 g/mol. The number of aryl methyl sites for hydroxylation is 1. The van der Waals surface area contributed by atoms with Gasteiger partial charge in [-0.1, -0.05) is 12.1 Å². The summed E-state index contributed by atoms with van der Waals surface area (Å²) >= 11 is 2.91. The van der Waals surface area contributed by atoms with Crippen molar-refractivity contribution in [2.24, 2.45) is 0 Å². The van der Waals surface area contributed by atoms with Crippen LogP contribution >= 0.6 is 23.1 Å². The Hall–Kier alpha value is -2.32. The predicted octanol–water partition coefficient (Wildman–Crippen LogP) is 3.34. The van der Waals surface area contributed by atoms with Crippen LogP contribution in [0.2, 0.25) is 0 Å². The Bertz CT molecular complexity index is 834. The number of carbonyl (C=O) groups is 3. The second-order valence-corrected chi connectivity index (χ2v) is 8.22. The SMILES string of the molecule is COc1ccccc1C(=O)N[C@@H](CCSC)C(=O)OCC(=O)c1ccc(C)s1. The number of hydrogen-bond donors (Lipinski definition) is 1. The van der Waals surface area contributed by atoms with Gasteiger partial charge in [0.05, 0.1) is 17.6 Å². The minimum absolute atomic E-state index is 0.258. The van der Waals surface area contributed by atoms with Gasteiger partial charge < -0.3 is 14.8 Å². The lowest BCUT2D eigenvalue weighted by Gasteiger charge is -2.18. The molecule has 1 heterocycles. The molecular formula is C20H23NO5S2. The fraction of sp³-hybridized carbons (Fsp3) is 0.350. The molecule has 0 fully saturated rings. The van der Waals surface area contributed by atoms with Crippen LogP contribution in [-0.4, -0.2) is 49.4 Å². The van der Waals surface area contributed by atoms with E-state index in [9.17, 15) is 14.4 Å². The lowest BCUT2D eigenvalue weighted by Crippen LogP contribution is -2.42. The topological polar surface area (TPSA) is 81.7 Å². The second kappa shape index (κ2) is 10.9. The van der Waals surface area contributed by atoms with Crippen molar-refractivity contribution in [1.82, 2.24) is 5.32 Å². The van der Waals surface area contributed by atoms with E-state index in [1.807, 2.05) is 19.2 Å². The molecule has 150 valence electrons. The molecule has 1 atom stereocenters. The fourth-order valence-corrected chi connectivity index (χ4v) is 3.71. The molecule has 0 radical (unpaired) electrons. The first kappa shape index (κ1) is 22.0. The van der Waals surface area contributed by atoms with E-state index in [2.05, 4.69) is 5.32 Å². The number of benzene rings is 1. The third kappa shape index (κ3) is 6.10. The summed E-state index contributed by atoms with van der Waals surface area (Å²) in [6, 6.07) is 9.47. The van der Waals surface area contributed by atoms with E-state index >= 15 is 0 Å². The van der Waals surface area contributed by atoms with Gasteiger partial charge >= 0.3 is 5.97 Å². The lowest BCUT2D eigenvalue weighted by atomic mass is 10.1. The minimum atomic E-state index is -0.845. The molecule has 1 aromatic heterocycles. The maximum atomic E-state index is 12.6. The van der Waals surface area contributed by atoms with Gasteiger partial charge in [-0.05, 0) is 49.6 Å². The van der Waals surface area contributed by atoms with Crippen LogP contribution in [0, 0.1) is 6.92 Å². The van der Waals surface area contributed by atoms with Crippen molar-refractivity contribution < 1.29 is 23.9 Å². The zero-order valence-electron chi connectivity index (χ0n) is 16.0. The van der Waals surface area contributed by atoms with Crippen LogP contribution in [0.1, 0.15) is 31.3 Å². The molecule has 2 aromatic rings. The summed E-state index contributed by atoms with van der Waals surface area (Å²) in [6.07, 6.45) is 2.31. The average molecular weight is 422 g/mol. The summed E-state index contributed by atoms with van der Waals surface area (Å²) in [5.74, 6) is -0.240. The number of thiophene rings is 1. The van der Waals surface area contributed by atoms with Gasteiger partial charge in [0.15, 0.2) is 6.61 Å². The third-order valence-corrected chi connectivity index (χ3v) is 5.60. The Labute approximate surface area is 172 Å². The Morgan fingerprint density at radius 1 is 1.18 bits per heavy atom. The van der Waals surface area contributed by atoms with E-state index in [-0.39, 0.29) is 12.4 Å². The average Bonchev–Trinajstić information content (AvgIpc) is 3.15. The predicted molar refractivity (Wildman–Crippen MR) is 112 cm³/mol. The highest BCUT2D eigenvalue weighted by Gasteiger charge is 2.25. The summed E-state index contributed by atoms with van der Waals surface area (Å²) in [5, 5.41) is 2.69. The van der Waals surface area contributed by atoms with Crippen molar-refractivity contribution in [3.63, 3.8) is 0 Å². The highest BCUT2D eigenvalue weighted by Crippen LogP contribution is 2.18. The normalized spacial score (nSPS) is 11.5. The summed E-state index contributed by atoms with van der Waals surface area (Å²) in [6.45, 7) is 1.55. The molecule has 0 aliphatic heterocycles. The molecule has 8 heteroatoms. The number of hydrogen-bond acceptors (Lipinski definition) is 7. The van der Waals surface area contributed by atoms with Gasteiger partial charge in [-0.3, -0.25) is 9.59 Å². The first-order chi connectivity index (χ1) is 13.5. The molecule has 0 aliphatic carbocycles. The number of rotatable bonds is 10. The van der Waals surface area contributed by atoms with Gasteiger partial charge in [0.25, 0.3) is 5.91 Å². The largest absolute Gasteiger partial charge is 0.496 e. The van der Waals surface area contributed by atoms with Crippen LogP contribution in [0.25, 0.3) is 0 Å². The van der Waals surface area contributed by atoms with Crippen LogP contribution in [0.15, 0.2) is 36.4 Å². The van der Waals surface area contributed by atoms with Crippen molar-refractivity contribution >= 4 is 40.8 Å². The second-order valence-electron chi connectivity index (χ2n) is 5.95. The van der Waals surface area contributed by atoms with Gasteiger partial charge in [0, 0.05) is 4.88 Å². The standard InChI is InChI=1S/C20H23NO5S2/c1-13-8-9-18(28-13)16(22)12-26-20(24)15(10-11-27-3)21-19(23)14-6-4-5-7-17(14)25-2/h4-9,15H,10-12H2,1-3H3,(H,21,23)/t15-/m0/s1. The van der Waals surface area contributed by atoms with Crippen molar-refractivity contribution in [2.75, 3.05) is 25.7 Å². The number of methoxy groups -OCH3 is 1. The summed E-state index contributed by atoms with van der Waals surface area (Å²) in [4.78, 5) is 38.8. The van der Waals surface area contributed by atoms with Crippen molar-refractivity contribution in [3.8, 4) is 5.75 Å². The number of thioether (sulfide) groups is 1. The summed E-state index contributed by atoms with van der Waals surface area (Å²) in [7, 11) is 1.48. The first-order valence-corrected chi connectivity index (χ1v) is 10.9. The Morgan fingerprint density at radius 3 is 2.57 bits per heavy atom. The van der Waals surface area contributed by atoms with E-state index in [4.69, 9.17) is 9.47 Å². The number of Topliss-reactive ketones (excluding diaryl/α,β-unsaturated/α-hetero) is 1. The number of ether oxygens (including phenoxy) is 2. The highest BCUT2D eigenvalue weighted by molar-refractivity contribution is 7.98. The quantitative estimate of drug-likeness (QED) is 0.468. The van der Waals surface area contributed by atoms with E-state index in [0.717, 1.165) is 4.88 Å². The first-order valence-electron chi connectivity index (χ1n) is 8.65. The molecule has 2 rings (SSSR count). The van der Waals surface area contributed by atoms with Crippen LogP contribution in [0.4, 0.5) is 0 Å². The zero-order valence-corrected chi connectivity index (χ0v) is 17.7. The van der Waals surface area contributed by atoms with Gasteiger partial charge in [0.2, 0.25) is 5.78 Å². The molecule has 1 amide bonds. The number of carbonyl (C=O) groups excluding carboxylic acids is 3. The molecule has 0 saturated heterocycles. The van der Waals surface area contributed by atoms with Crippen molar-refractivity contribution in [2.45, 2.75) is 19.4 Å². The summed E-state index contributed by atoms with van der Waals surface area (Å²) in [5.41, 5.74) is 0.331. The van der Waals surface area contributed by atoms with Gasteiger partial charge in [0.1, 0.15) is 11.8 Å². The molecule has 0 bridgehead atoms. The van der Waals surface area contributed by atoms with Gasteiger partial charge in [-0.15, -0.1) is 11.3 Å². The maximum absolute atomic E-state index is 12.6. The Balaban J connectivity index is 2.02. The van der Waals surface area contributed by atoms with E-state index in [0.29, 0.717) is 28.4 Å². The number of amides is 1. The molecule has 0 aliphatic rings. The number of nitrogens with one attached hydrogen (secondary N) is 1. The number of para-hydroxylation sites is 1. The van der Waals surface area contributed by atoms with E-state index < -0.39 is 17.9 Å². The Kier molecular flexibility index (Phi) is 8.53. The maximum Gasteiger partial charge on any atom is 0.329 e.